The SMILES string of the molecule is CSc1ccc(C2(C(=O)O)CC2)cc1. The number of rotatable bonds is 3. The van der Waals surface area contributed by atoms with Crippen molar-refractivity contribution in [2.24, 2.45) is 0 Å². The summed E-state index contributed by atoms with van der Waals surface area (Å²) in [4.78, 5) is 12.2. The van der Waals surface area contributed by atoms with Crippen LogP contribution in [0.3, 0.4) is 0 Å². The van der Waals surface area contributed by atoms with Crippen LogP contribution in [-0.4, -0.2) is 17.3 Å². The number of hydrogen-bond donors (Lipinski definition) is 1. The molecule has 0 atom stereocenters. The summed E-state index contributed by atoms with van der Waals surface area (Å²) in [6, 6.07) is 7.85. The molecule has 0 bridgehead atoms. The maximum Gasteiger partial charge on any atom is 0.314 e. The lowest BCUT2D eigenvalue weighted by atomic mass is 9.96. The molecule has 0 amide bonds. The molecule has 2 rings (SSSR count). The Morgan fingerprint density at radius 3 is 2.29 bits per heavy atom. The normalized spacial score (nSPS) is 17.8. The van der Waals surface area contributed by atoms with Crippen molar-refractivity contribution in [3.63, 3.8) is 0 Å². The first kappa shape index (κ1) is 9.59. The van der Waals surface area contributed by atoms with E-state index in [1.165, 1.54) is 4.90 Å². The summed E-state index contributed by atoms with van der Waals surface area (Å²) in [5.74, 6) is -0.686. The van der Waals surface area contributed by atoms with Crippen LogP contribution in [0.5, 0.6) is 0 Å². The van der Waals surface area contributed by atoms with E-state index in [0.717, 1.165) is 18.4 Å². The highest BCUT2D eigenvalue weighted by molar-refractivity contribution is 7.98. The second-order valence-corrected chi connectivity index (χ2v) is 4.50. The zero-order valence-corrected chi connectivity index (χ0v) is 8.80. The Balaban J connectivity index is 2.29. The topological polar surface area (TPSA) is 37.3 Å². The van der Waals surface area contributed by atoms with Crippen LogP contribution >= 0.6 is 11.8 Å². The molecule has 0 heterocycles. The monoisotopic (exact) mass is 208 g/mol. The van der Waals surface area contributed by atoms with E-state index in [1.807, 2.05) is 30.5 Å². The Morgan fingerprint density at radius 1 is 1.36 bits per heavy atom. The molecule has 0 unspecified atom stereocenters. The lowest BCUT2D eigenvalue weighted by Gasteiger charge is -2.09. The molecule has 0 spiro atoms. The average Bonchev–Trinajstić information content (AvgIpc) is 2.99. The summed E-state index contributed by atoms with van der Waals surface area (Å²) in [6.45, 7) is 0. The third-order valence-electron chi connectivity index (χ3n) is 2.80. The Labute approximate surface area is 87.3 Å². The summed E-state index contributed by atoms with van der Waals surface area (Å²) in [5, 5.41) is 9.08. The van der Waals surface area contributed by atoms with Gasteiger partial charge in [0.15, 0.2) is 0 Å². The lowest BCUT2D eigenvalue weighted by Crippen LogP contribution is -2.19. The summed E-state index contributed by atoms with van der Waals surface area (Å²) in [5.41, 5.74) is 0.388. The van der Waals surface area contributed by atoms with Crippen LogP contribution in [0.25, 0.3) is 0 Å². The average molecular weight is 208 g/mol. The number of benzene rings is 1. The van der Waals surface area contributed by atoms with Gasteiger partial charge >= 0.3 is 5.97 Å². The molecule has 2 nitrogen and oxygen atoms in total. The first-order chi connectivity index (χ1) is 6.69. The van der Waals surface area contributed by atoms with Crippen LogP contribution in [0.2, 0.25) is 0 Å². The molecule has 1 aliphatic rings. The number of thioether (sulfide) groups is 1. The largest absolute Gasteiger partial charge is 0.481 e. The van der Waals surface area contributed by atoms with Crippen molar-refractivity contribution in [1.29, 1.82) is 0 Å². The molecule has 0 aliphatic heterocycles. The highest BCUT2D eigenvalue weighted by Gasteiger charge is 2.51. The van der Waals surface area contributed by atoms with E-state index in [-0.39, 0.29) is 0 Å². The maximum atomic E-state index is 11.0. The minimum absolute atomic E-state index is 0.559. The van der Waals surface area contributed by atoms with Crippen LogP contribution in [-0.2, 0) is 10.2 Å². The van der Waals surface area contributed by atoms with Gasteiger partial charge in [-0.25, -0.2) is 0 Å². The van der Waals surface area contributed by atoms with Gasteiger partial charge in [0.2, 0.25) is 0 Å². The molecule has 1 N–H and O–H groups in total. The van der Waals surface area contributed by atoms with Crippen molar-refractivity contribution in [3.05, 3.63) is 29.8 Å². The highest BCUT2D eigenvalue weighted by atomic mass is 32.2. The molecule has 3 heteroatoms. The molecule has 0 radical (unpaired) electrons. The van der Waals surface area contributed by atoms with Crippen molar-refractivity contribution in [2.75, 3.05) is 6.26 Å². The van der Waals surface area contributed by atoms with Gasteiger partial charge in [0, 0.05) is 4.90 Å². The van der Waals surface area contributed by atoms with E-state index in [9.17, 15) is 4.79 Å². The van der Waals surface area contributed by atoms with Crippen molar-refractivity contribution >= 4 is 17.7 Å². The smallest absolute Gasteiger partial charge is 0.314 e. The van der Waals surface area contributed by atoms with E-state index in [4.69, 9.17) is 5.11 Å². The minimum Gasteiger partial charge on any atom is -0.481 e. The molecular formula is C11H12O2S. The van der Waals surface area contributed by atoms with Crippen LogP contribution in [0.4, 0.5) is 0 Å². The van der Waals surface area contributed by atoms with Gasteiger partial charge in [-0.15, -0.1) is 11.8 Å². The van der Waals surface area contributed by atoms with Gasteiger partial charge in [-0.1, -0.05) is 12.1 Å². The number of carboxylic acid groups (broad SMARTS) is 1. The first-order valence-corrected chi connectivity index (χ1v) is 5.79. The van der Waals surface area contributed by atoms with Crippen LogP contribution in [0.1, 0.15) is 18.4 Å². The number of hydrogen-bond acceptors (Lipinski definition) is 2. The van der Waals surface area contributed by atoms with Gasteiger partial charge in [-0.05, 0) is 36.8 Å². The van der Waals surface area contributed by atoms with Crippen LogP contribution in [0.15, 0.2) is 29.2 Å². The molecule has 0 aromatic heterocycles. The zero-order valence-electron chi connectivity index (χ0n) is 7.99. The van der Waals surface area contributed by atoms with E-state index in [2.05, 4.69) is 0 Å². The molecule has 1 saturated carbocycles. The highest BCUT2D eigenvalue weighted by Crippen LogP contribution is 2.48. The van der Waals surface area contributed by atoms with Gasteiger partial charge < -0.3 is 5.11 Å². The van der Waals surface area contributed by atoms with Crippen LogP contribution < -0.4 is 0 Å². The molecule has 0 saturated heterocycles. The summed E-state index contributed by atoms with van der Waals surface area (Å²) in [7, 11) is 0. The zero-order chi connectivity index (χ0) is 10.2. The Bertz CT molecular complexity index is 352. The van der Waals surface area contributed by atoms with Crippen molar-refractivity contribution < 1.29 is 9.90 Å². The van der Waals surface area contributed by atoms with Gasteiger partial charge in [0.05, 0.1) is 5.41 Å². The van der Waals surface area contributed by atoms with E-state index >= 15 is 0 Å². The molecule has 1 aromatic carbocycles. The third kappa shape index (κ3) is 1.42. The van der Waals surface area contributed by atoms with E-state index < -0.39 is 11.4 Å². The lowest BCUT2D eigenvalue weighted by molar-refractivity contribution is -0.140. The number of carbonyl (C=O) groups is 1. The summed E-state index contributed by atoms with van der Waals surface area (Å²) >= 11 is 1.67. The summed E-state index contributed by atoms with van der Waals surface area (Å²) < 4.78 is 0. The molecule has 1 fully saturated rings. The molecule has 1 aromatic rings. The molecule has 74 valence electrons. The predicted octanol–water partition coefficient (Wildman–Crippen LogP) is 2.52. The fraction of sp³-hybridized carbons (Fsp3) is 0.364. The predicted molar refractivity (Wildman–Crippen MR) is 56.8 cm³/mol. The molecule has 14 heavy (non-hydrogen) atoms. The van der Waals surface area contributed by atoms with Gasteiger partial charge in [0.1, 0.15) is 0 Å². The fourth-order valence-corrected chi connectivity index (χ4v) is 2.07. The molecular weight excluding hydrogens is 196 g/mol. The van der Waals surface area contributed by atoms with Crippen molar-refractivity contribution in [3.8, 4) is 0 Å². The fourth-order valence-electron chi connectivity index (χ4n) is 1.66. The number of aliphatic carboxylic acids is 1. The second-order valence-electron chi connectivity index (χ2n) is 3.62. The summed E-state index contributed by atoms with van der Waals surface area (Å²) in [6.07, 6.45) is 3.57. The standard InChI is InChI=1S/C11H12O2S/c1-14-9-4-2-8(3-5-9)11(6-7-11)10(12)13/h2-5H,6-7H2,1H3,(H,12,13). The first-order valence-electron chi connectivity index (χ1n) is 4.57. The van der Waals surface area contributed by atoms with E-state index in [1.54, 1.807) is 11.8 Å². The molecule has 1 aliphatic carbocycles. The number of carboxylic acids is 1. The van der Waals surface area contributed by atoms with Crippen molar-refractivity contribution in [2.45, 2.75) is 23.2 Å². The third-order valence-corrected chi connectivity index (χ3v) is 3.55. The van der Waals surface area contributed by atoms with Crippen molar-refractivity contribution in [1.82, 2.24) is 0 Å². The quantitative estimate of drug-likeness (QED) is 0.775. The maximum absolute atomic E-state index is 11.0. The van der Waals surface area contributed by atoms with Gasteiger partial charge in [0.25, 0.3) is 0 Å². The van der Waals surface area contributed by atoms with E-state index in [0.29, 0.717) is 0 Å². The Morgan fingerprint density at radius 2 is 1.93 bits per heavy atom. The van der Waals surface area contributed by atoms with Crippen LogP contribution in [0, 0.1) is 0 Å². The van der Waals surface area contributed by atoms with Gasteiger partial charge in [-0.2, -0.15) is 0 Å². The van der Waals surface area contributed by atoms with Gasteiger partial charge in [-0.3, -0.25) is 4.79 Å². The Kier molecular flexibility index (Phi) is 2.27. The Hall–Kier alpha value is -0.960. The minimum atomic E-state index is -0.686. The second kappa shape index (κ2) is 3.31.